The van der Waals surface area contributed by atoms with Crippen LogP contribution in [0.4, 0.5) is 10.2 Å². The highest BCUT2D eigenvalue weighted by atomic mass is 35.5. The van der Waals surface area contributed by atoms with Crippen molar-refractivity contribution in [2.75, 3.05) is 12.8 Å². The third kappa shape index (κ3) is 2.32. The highest BCUT2D eigenvalue weighted by molar-refractivity contribution is 6.42. The second-order valence-electron chi connectivity index (χ2n) is 4.55. The second-order valence-corrected chi connectivity index (χ2v) is 5.34. The number of fused-ring (bicyclic) bond motifs is 1. The van der Waals surface area contributed by atoms with Crippen LogP contribution in [0.25, 0.3) is 22.0 Å². The molecule has 2 N–H and O–H groups in total. The number of hydrogen-bond acceptors (Lipinski definition) is 4. The maximum Gasteiger partial charge on any atom is 0.151 e. The maximum atomic E-state index is 14.4. The summed E-state index contributed by atoms with van der Waals surface area (Å²) in [6.07, 6.45) is 1.36. The van der Waals surface area contributed by atoms with Crippen molar-refractivity contribution < 1.29 is 9.13 Å². The van der Waals surface area contributed by atoms with Gasteiger partial charge in [0.05, 0.1) is 22.7 Å². The molecule has 0 unspecified atom stereocenters. The summed E-state index contributed by atoms with van der Waals surface area (Å²) in [6.45, 7) is 0. The van der Waals surface area contributed by atoms with Crippen LogP contribution in [-0.2, 0) is 0 Å². The average molecular weight is 338 g/mol. The van der Waals surface area contributed by atoms with Crippen LogP contribution in [-0.4, -0.2) is 17.1 Å². The Balaban J connectivity index is 2.35. The number of nitrogen functional groups attached to an aromatic ring is 1. The van der Waals surface area contributed by atoms with Gasteiger partial charge in [0.25, 0.3) is 0 Å². The molecule has 0 aliphatic heterocycles. The van der Waals surface area contributed by atoms with Crippen LogP contribution in [0, 0.1) is 5.82 Å². The smallest absolute Gasteiger partial charge is 0.151 e. The van der Waals surface area contributed by atoms with E-state index in [0.29, 0.717) is 28.0 Å². The van der Waals surface area contributed by atoms with Gasteiger partial charge < -0.3 is 10.5 Å². The molecular formula is C15H10Cl2FN3O. The lowest BCUT2D eigenvalue weighted by Crippen LogP contribution is -1.97. The van der Waals surface area contributed by atoms with Crippen LogP contribution in [0.5, 0.6) is 5.75 Å². The van der Waals surface area contributed by atoms with E-state index in [9.17, 15) is 4.39 Å². The Hall–Kier alpha value is -2.11. The van der Waals surface area contributed by atoms with Gasteiger partial charge >= 0.3 is 0 Å². The van der Waals surface area contributed by atoms with Gasteiger partial charge in [-0.3, -0.25) is 0 Å². The fourth-order valence-electron chi connectivity index (χ4n) is 2.22. The first-order valence-electron chi connectivity index (χ1n) is 6.25. The molecule has 2 aromatic carbocycles. The molecule has 0 amide bonds. The molecule has 7 heteroatoms. The predicted molar refractivity (Wildman–Crippen MR) is 85.9 cm³/mol. The van der Waals surface area contributed by atoms with E-state index in [1.807, 2.05) is 0 Å². The number of hydrogen-bond donors (Lipinski definition) is 1. The molecular weight excluding hydrogens is 328 g/mol. The SMILES string of the molecule is COc1cc2ncnc(N)c2cc1-c1ccc(Cl)c(Cl)c1F. The molecule has 0 bridgehead atoms. The van der Waals surface area contributed by atoms with Crippen molar-refractivity contribution in [3.05, 3.63) is 46.5 Å². The van der Waals surface area contributed by atoms with Crippen LogP contribution in [0.1, 0.15) is 0 Å². The van der Waals surface area contributed by atoms with Crippen molar-refractivity contribution in [2.45, 2.75) is 0 Å². The minimum absolute atomic E-state index is 0.140. The summed E-state index contributed by atoms with van der Waals surface area (Å²) >= 11 is 11.7. The summed E-state index contributed by atoms with van der Waals surface area (Å²) in [6, 6.07) is 6.40. The van der Waals surface area contributed by atoms with Crippen molar-refractivity contribution in [1.82, 2.24) is 9.97 Å². The van der Waals surface area contributed by atoms with Crippen molar-refractivity contribution in [2.24, 2.45) is 0 Å². The van der Waals surface area contributed by atoms with E-state index in [4.69, 9.17) is 33.7 Å². The van der Waals surface area contributed by atoms with Gasteiger partial charge in [0, 0.05) is 22.6 Å². The standard InChI is InChI=1S/C15H10Cl2FN3O/c1-22-12-5-11-9(15(19)21-6-20-11)4-8(12)7-2-3-10(16)13(17)14(7)18/h2-6H,1H3,(H2,19,20,21). The lowest BCUT2D eigenvalue weighted by atomic mass is 10.0. The quantitative estimate of drug-likeness (QED) is 0.707. The van der Waals surface area contributed by atoms with E-state index < -0.39 is 5.82 Å². The number of anilines is 1. The number of benzene rings is 2. The van der Waals surface area contributed by atoms with E-state index in [0.717, 1.165) is 0 Å². The van der Waals surface area contributed by atoms with Crippen molar-refractivity contribution in [3.8, 4) is 16.9 Å². The third-order valence-electron chi connectivity index (χ3n) is 3.31. The molecule has 0 saturated carbocycles. The zero-order valence-corrected chi connectivity index (χ0v) is 12.9. The molecule has 0 atom stereocenters. The van der Waals surface area contributed by atoms with Gasteiger partial charge in [0.2, 0.25) is 0 Å². The summed E-state index contributed by atoms with van der Waals surface area (Å²) in [5.74, 6) is 0.125. The minimum atomic E-state index is -0.623. The molecule has 1 aromatic heterocycles. The minimum Gasteiger partial charge on any atom is -0.496 e. The lowest BCUT2D eigenvalue weighted by Gasteiger charge is -2.12. The Morgan fingerprint density at radius 3 is 2.64 bits per heavy atom. The first-order valence-corrected chi connectivity index (χ1v) is 7.00. The maximum absolute atomic E-state index is 14.4. The highest BCUT2D eigenvalue weighted by Gasteiger charge is 2.17. The Morgan fingerprint density at radius 2 is 1.91 bits per heavy atom. The highest BCUT2D eigenvalue weighted by Crippen LogP contribution is 2.39. The largest absolute Gasteiger partial charge is 0.496 e. The zero-order valence-electron chi connectivity index (χ0n) is 11.4. The summed E-state index contributed by atoms with van der Waals surface area (Å²) < 4.78 is 19.8. The molecule has 112 valence electrons. The Labute approximate surface area is 135 Å². The molecule has 1 heterocycles. The van der Waals surface area contributed by atoms with E-state index >= 15 is 0 Å². The van der Waals surface area contributed by atoms with Crippen molar-refractivity contribution in [3.63, 3.8) is 0 Å². The van der Waals surface area contributed by atoms with Crippen LogP contribution >= 0.6 is 23.2 Å². The first kappa shape index (κ1) is 14.8. The number of aromatic nitrogens is 2. The summed E-state index contributed by atoms with van der Waals surface area (Å²) in [5, 5.41) is 0.605. The van der Waals surface area contributed by atoms with Gasteiger partial charge in [-0.15, -0.1) is 0 Å². The number of nitrogens with two attached hydrogens (primary N) is 1. The van der Waals surface area contributed by atoms with Gasteiger partial charge in [-0.05, 0) is 18.2 Å². The Kier molecular flexibility index (Phi) is 3.76. The van der Waals surface area contributed by atoms with Gasteiger partial charge in [0.1, 0.15) is 17.9 Å². The normalized spacial score (nSPS) is 10.9. The topological polar surface area (TPSA) is 61.0 Å². The second kappa shape index (κ2) is 5.59. The molecule has 0 aliphatic carbocycles. The monoisotopic (exact) mass is 337 g/mol. The fraction of sp³-hybridized carbons (Fsp3) is 0.0667. The molecule has 3 aromatic rings. The van der Waals surface area contributed by atoms with E-state index in [2.05, 4.69) is 9.97 Å². The predicted octanol–water partition coefficient (Wildman–Crippen LogP) is 4.33. The molecule has 4 nitrogen and oxygen atoms in total. The van der Waals surface area contributed by atoms with Crippen LogP contribution in [0.2, 0.25) is 10.0 Å². The number of nitrogens with zero attached hydrogens (tertiary/aromatic N) is 2. The lowest BCUT2D eigenvalue weighted by molar-refractivity contribution is 0.416. The molecule has 0 saturated heterocycles. The molecule has 0 aliphatic rings. The number of rotatable bonds is 2. The van der Waals surface area contributed by atoms with E-state index in [-0.39, 0.29) is 15.6 Å². The van der Waals surface area contributed by atoms with Gasteiger partial charge in [-0.1, -0.05) is 23.2 Å². The first-order chi connectivity index (χ1) is 10.5. The average Bonchev–Trinajstić information content (AvgIpc) is 2.52. The molecule has 0 radical (unpaired) electrons. The molecule has 22 heavy (non-hydrogen) atoms. The van der Waals surface area contributed by atoms with Crippen LogP contribution in [0.3, 0.4) is 0 Å². The van der Waals surface area contributed by atoms with Crippen LogP contribution in [0.15, 0.2) is 30.6 Å². The van der Waals surface area contributed by atoms with Gasteiger partial charge in [-0.25, -0.2) is 14.4 Å². The van der Waals surface area contributed by atoms with E-state index in [1.165, 1.54) is 25.6 Å². The number of methoxy groups -OCH3 is 1. The van der Waals surface area contributed by atoms with Crippen LogP contribution < -0.4 is 10.5 Å². The van der Waals surface area contributed by atoms with Crippen molar-refractivity contribution in [1.29, 1.82) is 0 Å². The zero-order chi connectivity index (χ0) is 15.9. The van der Waals surface area contributed by atoms with E-state index in [1.54, 1.807) is 12.1 Å². The molecule has 0 spiro atoms. The summed E-state index contributed by atoms with van der Waals surface area (Å²) in [5.41, 5.74) is 7.21. The fourth-order valence-corrected chi connectivity index (χ4v) is 2.53. The number of ether oxygens (including phenoxy) is 1. The van der Waals surface area contributed by atoms with Gasteiger partial charge in [-0.2, -0.15) is 0 Å². The molecule has 0 fully saturated rings. The number of halogens is 3. The summed E-state index contributed by atoms with van der Waals surface area (Å²) in [4.78, 5) is 8.06. The Morgan fingerprint density at radius 1 is 1.14 bits per heavy atom. The third-order valence-corrected chi connectivity index (χ3v) is 4.09. The summed E-state index contributed by atoms with van der Waals surface area (Å²) in [7, 11) is 1.49. The Bertz CT molecular complexity index is 886. The van der Waals surface area contributed by atoms with Crippen molar-refractivity contribution >= 4 is 39.9 Å². The molecule has 3 rings (SSSR count). The van der Waals surface area contributed by atoms with Gasteiger partial charge in [0.15, 0.2) is 5.82 Å².